The molecule has 0 N–H and O–H groups in total. The highest BCUT2D eigenvalue weighted by Gasteiger charge is 2.05. The quantitative estimate of drug-likeness (QED) is 0.657. The summed E-state index contributed by atoms with van der Waals surface area (Å²) < 4.78 is 1.98. The zero-order chi connectivity index (χ0) is 11.8. The summed E-state index contributed by atoms with van der Waals surface area (Å²) in [6.07, 6.45) is 5.34. The Balaban J connectivity index is 2.24. The zero-order valence-electron chi connectivity index (χ0n) is 9.26. The van der Waals surface area contributed by atoms with Crippen molar-refractivity contribution in [3.8, 4) is 11.3 Å². The first kappa shape index (κ1) is 10.3. The number of fused-ring (bicyclic) bond motifs is 1. The second-order valence-electron chi connectivity index (χ2n) is 3.91. The SMILES string of the molecule is Cn1cncc1-c1ccc2c(Cl)ccnc2c1. The molecule has 2 aromatic heterocycles. The third-order valence-corrected chi connectivity index (χ3v) is 3.13. The number of aromatic nitrogens is 3. The fourth-order valence-electron chi connectivity index (χ4n) is 1.91. The molecule has 3 rings (SSSR count). The Hall–Kier alpha value is -1.87. The van der Waals surface area contributed by atoms with Crippen molar-refractivity contribution in [3.63, 3.8) is 0 Å². The van der Waals surface area contributed by atoms with E-state index >= 15 is 0 Å². The Morgan fingerprint density at radius 1 is 1.24 bits per heavy atom. The summed E-state index contributed by atoms with van der Waals surface area (Å²) in [5, 5.41) is 1.70. The van der Waals surface area contributed by atoms with Crippen LogP contribution >= 0.6 is 11.6 Å². The number of aryl methyl sites for hydroxylation is 1. The summed E-state index contributed by atoms with van der Waals surface area (Å²) in [4.78, 5) is 8.44. The zero-order valence-corrected chi connectivity index (χ0v) is 10.0. The second kappa shape index (κ2) is 3.86. The van der Waals surface area contributed by atoms with Crippen LogP contribution in [-0.4, -0.2) is 14.5 Å². The van der Waals surface area contributed by atoms with Gasteiger partial charge in [0.2, 0.25) is 0 Å². The second-order valence-corrected chi connectivity index (χ2v) is 4.32. The number of hydrogen-bond acceptors (Lipinski definition) is 2. The highest BCUT2D eigenvalue weighted by atomic mass is 35.5. The van der Waals surface area contributed by atoms with Crippen LogP contribution in [0, 0.1) is 0 Å². The third kappa shape index (κ3) is 1.68. The van der Waals surface area contributed by atoms with Crippen molar-refractivity contribution in [2.45, 2.75) is 0 Å². The Bertz CT molecular complexity index is 688. The lowest BCUT2D eigenvalue weighted by Gasteiger charge is -2.04. The van der Waals surface area contributed by atoms with Crippen LogP contribution in [0.2, 0.25) is 5.02 Å². The molecule has 0 radical (unpaired) electrons. The number of imidazole rings is 1. The van der Waals surface area contributed by atoms with Gasteiger partial charge in [-0.15, -0.1) is 0 Å². The van der Waals surface area contributed by atoms with Crippen LogP contribution in [0.25, 0.3) is 22.2 Å². The van der Waals surface area contributed by atoms with Crippen molar-refractivity contribution < 1.29 is 0 Å². The van der Waals surface area contributed by atoms with Crippen LogP contribution in [-0.2, 0) is 7.05 Å². The van der Waals surface area contributed by atoms with Crippen LogP contribution in [0.5, 0.6) is 0 Å². The van der Waals surface area contributed by atoms with Gasteiger partial charge in [-0.25, -0.2) is 4.98 Å². The van der Waals surface area contributed by atoms with Crippen LogP contribution in [0.1, 0.15) is 0 Å². The lowest BCUT2D eigenvalue weighted by molar-refractivity contribution is 0.921. The van der Waals surface area contributed by atoms with Gasteiger partial charge in [-0.05, 0) is 12.1 Å². The fraction of sp³-hybridized carbons (Fsp3) is 0.0769. The van der Waals surface area contributed by atoms with Crippen molar-refractivity contribution >= 4 is 22.5 Å². The Labute approximate surface area is 104 Å². The molecule has 0 spiro atoms. The van der Waals surface area contributed by atoms with E-state index in [9.17, 15) is 0 Å². The van der Waals surface area contributed by atoms with E-state index in [1.165, 1.54) is 0 Å². The topological polar surface area (TPSA) is 30.7 Å². The van der Waals surface area contributed by atoms with Gasteiger partial charge in [0, 0.05) is 24.2 Å². The minimum Gasteiger partial charge on any atom is -0.334 e. The average molecular weight is 244 g/mol. The Morgan fingerprint density at radius 2 is 2.12 bits per heavy atom. The summed E-state index contributed by atoms with van der Waals surface area (Å²) >= 11 is 6.11. The number of pyridine rings is 1. The van der Waals surface area contributed by atoms with Gasteiger partial charge in [0.05, 0.1) is 28.8 Å². The standard InChI is InChI=1S/C13H10ClN3/c1-17-8-15-7-13(17)9-2-3-10-11(14)4-5-16-12(10)6-9/h2-8H,1H3. The maximum Gasteiger partial charge on any atom is 0.0948 e. The molecule has 0 aliphatic carbocycles. The molecule has 84 valence electrons. The van der Waals surface area contributed by atoms with Crippen LogP contribution < -0.4 is 0 Å². The molecule has 1 aromatic carbocycles. The van der Waals surface area contributed by atoms with E-state index in [2.05, 4.69) is 9.97 Å². The number of halogens is 1. The van der Waals surface area contributed by atoms with Gasteiger partial charge in [-0.3, -0.25) is 4.98 Å². The van der Waals surface area contributed by atoms with Crippen molar-refractivity contribution in [2.24, 2.45) is 7.05 Å². The van der Waals surface area contributed by atoms with Gasteiger partial charge >= 0.3 is 0 Å². The van der Waals surface area contributed by atoms with Crippen molar-refractivity contribution in [2.75, 3.05) is 0 Å². The molecule has 0 atom stereocenters. The monoisotopic (exact) mass is 243 g/mol. The van der Waals surface area contributed by atoms with E-state index in [0.29, 0.717) is 0 Å². The molecule has 0 amide bonds. The van der Waals surface area contributed by atoms with Crippen molar-refractivity contribution in [1.29, 1.82) is 0 Å². The number of hydrogen-bond donors (Lipinski definition) is 0. The smallest absolute Gasteiger partial charge is 0.0948 e. The number of rotatable bonds is 1. The van der Waals surface area contributed by atoms with E-state index in [1.807, 2.05) is 36.0 Å². The largest absolute Gasteiger partial charge is 0.334 e. The number of benzene rings is 1. The molecular weight excluding hydrogens is 234 g/mol. The first-order chi connectivity index (χ1) is 8.25. The predicted octanol–water partition coefficient (Wildman–Crippen LogP) is 3.29. The van der Waals surface area contributed by atoms with Gasteiger partial charge in [0.25, 0.3) is 0 Å². The Kier molecular flexibility index (Phi) is 2.34. The van der Waals surface area contributed by atoms with Crippen molar-refractivity contribution in [1.82, 2.24) is 14.5 Å². The lowest BCUT2D eigenvalue weighted by Crippen LogP contribution is -1.89. The molecule has 17 heavy (non-hydrogen) atoms. The predicted molar refractivity (Wildman–Crippen MR) is 69.0 cm³/mol. The highest BCUT2D eigenvalue weighted by molar-refractivity contribution is 6.35. The molecule has 3 aromatic rings. The molecule has 0 unspecified atom stereocenters. The summed E-state index contributed by atoms with van der Waals surface area (Å²) in [6, 6.07) is 7.85. The van der Waals surface area contributed by atoms with Gasteiger partial charge in [-0.2, -0.15) is 0 Å². The molecule has 2 heterocycles. The molecule has 0 saturated carbocycles. The van der Waals surface area contributed by atoms with E-state index < -0.39 is 0 Å². The van der Waals surface area contributed by atoms with Crippen LogP contribution in [0.15, 0.2) is 43.0 Å². The summed E-state index contributed by atoms with van der Waals surface area (Å²) in [7, 11) is 1.97. The average Bonchev–Trinajstić information content (AvgIpc) is 2.75. The first-order valence-corrected chi connectivity index (χ1v) is 5.64. The maximum absolute atomic E-state index is 6.11. The van der Waals surface area contributed by atoms with E-state index in [1.54, 1.807) is 18.6 Å². The van der Waals surface area contributed by atoms with Crippen LogP contribution in [0.3, 0.4) is 0 Å². The van der Waals surface area contributed by atoms with Gasteiger partial charge in [-0.1, -0.05) is 23.7 Å². The van der Waals surface area contributed by atoms with Crippen LogP contribution in [0.4, 0.5) is 0 Å². The molecule has 0 fully saturated rings. The minimum atomic E-state index is 0.728. The molecule has 3 nitrogen and oxygen atoms in total. The normalized spacial score (nSPS) is 10.9. The van der Waals surface area contributed by atoms with E-state index in [0.717, 1.165) is 27.2 Å². The maximum atomic E-state index is 6.11. The summed E-state index contributed by atoms with van der Waals surface area (Å²) in [6.45, 7) is 0. The van der Waals surface area contributed by atoms with Gasteiger partial charge in [0.15, 0.2) is 0 Å². The van der Waals surface area contributed by atoms with Gasteiger partial charge < -0.3 is 4.57 Å². The molecule has 0 aliphatic rings. The molecular formula is C13H10ClN3. The summed E-state index contributed by atoms with van der Waals surface area (Å²) in [5.41, 5.74) is 3.05. The minimum absolute atomic E-state index is 0.728. The fourth-order valence-corrected chi connectivity index (χ4v) is 2.12. The Morgan fingerprint density at radius 3 is 2.88 bits per heavy atom. The molecule has 0 saturated heterocycles. The third-order valence-electron chi connectivity index (χ3n) is 2.80. The molecule has 0 aliphatic heterocycles. The van der Waals surface area contributed by atoms with Gasteiger partial charge in [0.1, 0.15) is 0 Å². The molecule has 4 heteroatoms. The van der Waals surface area contributed by atoms with Crippen molar-refractivity contribution in [3.05, 3.63) is 48.0 Å². The van der Waals surface area contributed by atoms with E-state index in [-0.39, 0.29) is 0 Å². The lowest BCUT2D eigenvalue weighted by atomic mass is 10.1. The van der Waals surface area contributed by atoms with E-state index in [4.69, 9.17) is 11.6 Å². The summed E-state index contributed by atoms with van der Waals surface area (Å²) in [5.74, 6) is 0. The highest BCUT2D eigenvalue weighted by Crippen LogP contribution is 2.26. The number of nitrogens with zero attached hydrogens (tertiary/aromatic N) is 3. The first-order valence-electron chi connectivity index (χ1n) is 5.26. The molecule has 0 bridgehead atoms.